The van der Waals surface area contributed by atoms with Crippen LogP contribution >= 0.6 is 0 Å². The Morgan fingerprint density at radius 2 is 1.83 bits per heavy atom. The maximum absolute atomic E-state index is 6.14. The molecule has 2 aliphatic rings. The van der Waals surface area contributed by atoms with Gasteiger partial charge in [-0.2, -0.15) is 0 Å². The predicted octanol–water partition coefficient (Wildman–Crippen LogP) is 2.07. The summed E-state index contributed by atoms with van der Waals surface area (Å²) in [6.45, 7) is 4.34. The molecule has 2 aliphatic carbocycles. The van der Waals surface area contributed by atoms with Crippen LogP contribution in [0.2, 0.25) is 0 Å². The van der Waals surface area contributed by atoms with Gasteiger partial charge in [0.25, 0.3) is 0 Å². The average molecular weight is 244 g/mol. The summed E-state index contributed by atoms with van der Waals surface area (Å²) in [5, 5.41) is 0. The Labute approximate surface area is 110 Å². The number of nitrogens with zero attached hydrogens (tertiary/aromatic N) is 1. The second-order valence-electron chi connectivity index (χ2n) is 6.40. The summed E-state index contributed by atoms with van der Waals surface area (Å²) < 4.78 is 0. The van der Waals surface area contributed by atoms with Crippen molar-refractivity contribution in [2.24, 2.45) is 17.6 Å². The number of rotatable bonds is 4. The lowest BCUT2D eigenvalue weighted by atomic mass is 9.93. The molecular weight excluding hydrogens is 220 g/mol. The van der Waals surface area contributed by atoms with E-state index in [-0.39, 0.29) is 5.54 Å². The van der Waals surface area contributed by atoms with Gasteiger partial charge in [0.15, 0.2) is 0 Å². The van der Waals surface area contributed by atoms with E-state index in [9.17, 15) is 0 Å². The SMILES string of the molecule is CC1CC1CN(C)C1(CN)Cc2ccccc2C1. The molecule has 0 saturated heterocycles. The molecule has 0 aromatic heterocycles. The molecule has 3 rings (SSSR count). The molecule has 0 radical (unpaired) electrons. The van der Waals surface area contributed by atoms with Crippen LogP contribution in [0.3, 0.4) is 0 Å². The molecule has 1 saturated carbocycles. The Morgan fingerprint density at radius 1 is 1.28 bits per heavy atom. The third kappa shape index (κ3) is 1.98. The second-order valence-corrected chi connectivity index (χ2v) is 6.40. The summed E-state index contributed by atoms with van der Waals surface area (Å²) in [6.07, 6.45) is 3.65. The molecular formula is C16H24N2. The molecule has 0 heterocycles. The molecule has 18 heavy (non-hydrogen) atoms. The third-order valence-corrected chi connectivity index (χ3v) is 5.13. The lowest BCUT2D eigenvalue weighted by molar-refractivity contribution is 0.128. The molecule has 2 nitrogen and oxygen atoms in total. The van der Waals surface area contributed by atoms with E-state index in [0.29, 0.717) is 0 Å². The van der Waals surface area contributed by atoms with Crippen LogP contribution in [0.1, 0.15) is 24.5 Å². The number of hydrogen-bond acceptors (Lipinski definition) is 2. The standard InChI is InChI=1S/C16H24N2/c1-12-7-15(12)10-18(2)16(11-17)8-13-5-3-4-6-14(13)9-16/h3-6,12,15H,7-11,17H2,1-2H3. The van der Waals surface area contributed by atoms with Gasteiger partial charge in [0, 0.05) is 18.6 Å². The van der Waals surface area contributed by atoms with Crippen LogP contribution in [0.15, 0.2) is 24.3 Å². The van der Waals surface area contributed by atoms with Gasteiger partial charge >= 0.3 is 0 Å². The minimum absolute atomic E-state index is 0.173. The monoisotopic (exact) mass is 244 g/mol. The highest BCUT2D eigenvalue weighted by molar-refractivity contribution is 5.36. The summed E-state index contributed by atoms with van der Waals surface area (Å²) in [4.78, 5) is 2.54. The Kier molecular flexibility index (Phi) is 2.95. The van der Waals surface area contributed by atoms with E-state index in [0.717, 1.165) is 31.2 Å². The van der Waals surface area contributed by atoms with E-state index in [2.05, 4.69) is 43.1 Å². The van der Waals surface area contributed by atoms with E-state index in [1.54, 1.807) is 0 Å². The van der Waals surface area contributed by atoms with Crippen molar-refractivity contribution in [2.75, 3.05) is 20.1 Å². The van der Waals surface area contributed by atoms with Gasteiger partial charge in [-0.25, -0.2) is 0 Å². The fraction of sp³-hybridized carbons (Fsp3) is 0.625. The first-order valence-corrected chi connectivity index (χ1v) is 7.13. The predicted molar refractivity (Wildman–Crippen MR) is 75.5 cm³/mol. The Morgan fingerprint density at radius 3 is 2.28 bits per heavy atom. The third-order valence-electron chi connectivity index (χ3n) is 5.13. The first kappa shape index (κ1) is 12.2. The van der Waals surface area contributed by atoms with Crippen LogP contribution in [0.25, 0.3) is 0 Å². The fourth-order valence-corrected chi connectivity index (χ4v) is 3.44. The second kappa shape index (κ2) is 4.36. The summed E-state index contributed by atoms with van der Waals surface area (Å²) in [5.41, 5.74) is 9.31. The number of hydrogen-bond donors (Lipinski definition) is 1. The Balaban J connectivity index is 1.76. The normalized spacial score (nSPS) is 28.4. The lowest BCUT2D eigenvalue weighted by Gasteiger charge is -2.38. The van der Waals surface area contributed by atoms with Crippen molar-refractivity contribution in [3.05, 3.63) is 35.4 Å². The quantitative estimate of drug-likeness (QED) is 0.878. The molecule has 0 aliphatic heterocycles. The number of fused-ring (bicyclic) bond motifs is 1. The zero-order chi connectivity index (χ0) is 12.8. The van der Waals surface area contributed by atoms with Gasteiger partial charge in [0.05, 0.1) is 0 Å². The molecule has 2 unspecified atom stereocenters. The Bertz CT molecular complexity index is 415. The zero-order valence-corrected chi connectivity index (χ0v) is 11.5. The molecule has 2 atom stereocenters. The molecule has 98 valence electrons. The molecule has 2 N–H and O–H groups in total. The van der Waals surface area contributed by atoms with E-state index in [1.807, 2.05) is 0 Å². The van der Waals surface area contributed by atoms with Gasteiger partial charge in [-0.1, -0.05) is 31.2 Å². The fourth-order valence-electron chi connectivity index (χ4n) is 3.44. The highest BCUT2D eigenvalue weighted by Gasteiger charge is 2.42. The molecule has 1 aromatic rings. The van der Waals surface area contributed by atoms with Gasteiger partial charge in [-0.15, -0.1) is 0 Å². The summed E-state index contributed by atoms with van der Waals surface area (Å²) in [7, 11) is 2.27. The summed E-state index contributed by atoms with van der Waals surface area (Å²) in [6, 6.07) is 8.82. The largest absolute Gasteiger partial charge is 0.329 e. The van der Waals surface area contributed by atoms with Crippen molar-refractivity contribution < 1.29 is 0 Å². The number of likely N-dealkylation sites (N-methyl/N-ethyl adjacent to an activating group) is 1. The van der Waals surface area contributed by atoms with Crippen LogP contribution in [0.4, 0.5) is 0 Å². The minimum atomic E-state index is 0.173. The molecule has 2 heteroatoms. The molecule has 1 fully saturated rings. The van der Waals surface area contributed by atoms with Crippen LogP contribution < -0.4 is 5.73 Å². The van der Waals surface area contributed by atoms with E-state index >= 15 is 0 Å². The highest BCUT2D eigenvalue weighted by Crippen LogP contribution is 2.41. The molecule has 0 bridgehead atoms. The van der Waals surface area contributed by atoms with Crippen LogP contribution in [0, 0.1) is 11.8 Å². The van der Waals surface area contributed by atoms with E-state index in [1.165, 1.54) is 24.1 Å². The van der Waals surface area contributed by atoms with Crippen molar-refractivity contribution in [1.29, 1.82) is 0 Å². The van der Waals surface area contributed by atoms with Crippen molar-refractivity contribution in [3.8, 4) is 0 Å². The maximum atomic E-state index is 6.14. The van der Waals surface area contributed by atoms with Gasteiger partial charge in [-0.3, -0.25) is 4.90 Å². The van der Waals surface area contributed by atoms with Crippen molar-refractivity contribution in [1.82, 2.24) is 4.90 Å². The minimum Gasteiger partial charge on any atom is -0.329 e. The first-order chi connectivity index (χ1) is 8.64. The van der Waals surface area contributed by atoms with Gasteiger partial charge in [0.1, 0.15) is 0 Å². The molecule has 1 aromatic carbocycles. The van der Waals surface area contributed by atoms with Crippen molar-refractivity contribution in [3.63, 3.8) is 0 Å². The van der Waals surface area contributed by atoms with Gasteiger partial charge in [0.2, 0.25) is 0 Å². The molecule has 0 spiro atoms. The van der Waals surface area contributed by atoms with Crippen LogP contribution in [-0.4, -0.2) is 30.6 Å². The number of nitrogens with two attached hydrogens (primary N) is 1. The van der Waals surface area contributed by atoms with Gasteiger partial charge in [-0.05, 0) is 49.3 Å². The Hall–Kier alpha value is -0.860. The lowest BCUT2D eigenvalue weighted by Crippen LogP contribution is -2.53. The smallest absolute Gasteiger partial charge is 0.0409 e. The van der Waals surface area contributed by atoms with E-state index in [4.69, 9.17) is 5.73 Å². The van der Waals surface area contributed by atoms with Crippen LogP contribution in [-0.2, 0) is 12.8 Å². The van der Waals surface area contributed by atoms with Crippen molar-refractivity contribution >= 4 is 0 Å². The van der Waals surface area contributed by atoms with E-state index < -0.39 is 0 Å². The highest BCUT2D eigenvalue weighted by atomic mass is 15.2. The first-order valence-electron chi connectivity index (χ1n) is 7.13. The summed E-state index contributed by atoms with van der Waals surface area (Å²) in [5.74, 6) is 1.83. The number of benzene rings is 1. The molecule has 0 amide bonds. The van der Waals surface area contributed by atoms with Crippen molar-refractivity contribution in [2.45, 2.75) is 31.7 Å². The van der Waals surface area contributed by atoms with Gasteiger partial charge < -0.3 is 5.73 Å². The summed E-state index contributed by atoms with van der Waals surface area (Å²) >= 11 is 0. The zero-order valence-electron chi connectivity index (χ0n) is 11.5. The topological polar surface area (TPSA) is 29.3 Å². The average Bonchev–Trinajstić information content (AvgIpc) is 2.94. The van der Waals surface area contributed by atoms with Crippen LogP contribution in [0.5, 0.6) is 0 Å². The maximum Gasteiger partial charge on any atom is 0.0409 e.